The standard InChI is InChI=1S/C7H16N2O2S/c1-4-5-9-7(8)6(2)12(3,10)11/h6H,4-5H2,1-3H3,(H2,8,9). The van der Waals surface area contributed by atoms with Crippen LogP contribution in [0.5, 0.6) is 0 Å². The van der Waals surface area contributed by atoms with Gasteiger partial charge in [0.05, 0.1) is 0 Å². The Morgan fingerprint density at radius 3 is 2.42 bits per heavy atom. The first-order chi connectivity index (χ1) is 5.39. The summed E-state index contributed by atoms with van der Waals surface area (Å²) in [6.07, 6.45) is 2.03. The highest BCUT2D eigenvalue weighted by molar-refractivity contribution is 7.92. The second-order valence-electron chi connectivity index (χ2n) is 2.78. The molecule has 0 aromatic rings. The van der Waals surface area contributed by atoms with Gasteiger partial charge in [-0.1, -0.05) is 6.92 Å². The van der Waals surface area contributed by atoms with Crippen molar-refractivity contribution in [1.29, 1.82) is 0 Å². The molecule has 0 bridgehead atoms. The summed E-state index contributed by atoms with van der Waals surface area (Å²) >= 11 is 0. The summed E-state index contributed by atoms with van der Waals surface area (Å²) in [7, 11) is -3.09. The highest BCUT2D eigenvalue weighted by Gasteiger charge is 2.18. The van der Waals surface area contributed by atoms with Crippen LogP contribution in [0.3, 0.4) is 0 Å². The summed E-state index contributed by atoms with van der Waals surface area (Å²) in [6.45, 7) is 4.09. The molecule has 0 saturated carbocycles. The van der Waals surface area contributed by atoms with Gasteiger partial charge in [0, 0.05) is 12.8 Å². The number of rotatable bonds is 4. The Balaban J connectivity index is 4.40. The summed E-state index contributed by atoms with van der Waals surface area (Å²) < 4.78 is 21.9. The lowest BCUT2D eigenvalue weighted by Gasteiger charge is -2.07. The molecule has 0 amide bonds. The van der Waals surface area contributed by atoms with Crippen LogP contribution in [-0.2, 0) is 9.84 Å². The van der Waals surface area contributed by atoms with Crippen LogP contribution in [0.15, 0.2) is 4.99 Å². The van der Waals surface area contributed by atoms with Gasteiger partial charge in [-0.25, -0.2) is 8.42 Å². The molecular formula is C7H16N2O2S. The third-order valence-corrected chi connectivity index (χ3v) is 3.10. The quantitative estimate of drug-likeness (QED) is 0.510. The predicted octanol–water partition coefficient (Wildman–Crippen LogP) is 0.187. The minimum absolute atomic E-state index is 0.208. The van der Waals surface area contributed by atoms with Crippen molar-refractivity contribution in [3.63, 3.8) is 0 Å². The Labute approximate surface area is 73.8 Å². The Morgan fingerprint density at radius 1 is 1.58 bits per heavy atom. The summed E-state index contributed by atoms with van der Waals surface area (Å²) in [6, 6.07) is 0. The second-order valence-corrected chi connectivity index (χ2v) is 5.14. The van der Waals surface area contributed by atoms with Crippen molar-refractivity contribution in [2.24, 2.45) is 10.7 Å². The van der Waals surface area contributed by atoms with E-state index in [0.29, 0.717) is 6.54 Å². The molecule has 0 aromatic carbocycles. The van der Waals surface area contributed by atoms with Gasteiger partial charge in [0.25, 0.3) is 0 Å². The molecule has 12 heavy (non-hydrogen) atoms. The van der Waals surface area contributed by atoms with Gasteiger partial charge in [0.2, 0.25) is 0 Å². The third kappa shape index (κ3) is 3.71. The largest absolute Gasteiger partial charge is 0.386 e. The van der Waals surface area contributed by atoms with Crippen LogP contribution < -0.4 is 5.73 Å². The van der Waals surface area contributed by atoms with Crippen molar-refractivity contribution in [2.75, 3.05) is 12.8 Å². The van der Waals surface area contributed by atoms with E-state index < -0.39 is 15.1 Å². The molecule has 0 aliphatic carbocycles. The zero-order chi connectivity index (χ0) is 9.78. The van der Waals surface area contributed by atoms with Crippen LogP contribution in [0, 0.1) is 0 Å². The van der Waals surface area contributed by atoms with E-state index in [1.807, 2.05) is 6.92 Å². The molecule has 0 rings (SSSR count). The summed E-state index contributed by atoms with van der Waals surface area (Å²) in [5, 5.41) is -0.663. The maximum atomic E-state index is 11.0. The van der Waals surface area contributed by atoms with Crippen LogP contribution in [0.2, 0.25) is 0 Å². The molecule has 0 fully saturated rings. The van der Waals surface area contributed by atoms with Crippen LogP contribution in [0.4, 0.5) is 0 Å². The fourth-order valence-electron chi connectivity index (χ4n) is 0.589. The maximum absolute atomic E-state index is 11.0. The van der Waals surface area contributed by atoms with Gasteiger partial charge in [0.15, 0.2) is 9.84 Å². The SMILES string of the molecule is CCCN=C(N)C(C)S(C)(=O)=O. The highest BCUT2D eigenvalue weighted by Crippen LogP contribution is 1.97. The molecule has 0 aliphatic rings. The normalized spacial score (nSPS) is 16.1. The molecule has 1 unspecified atom stereocenters. The first-order valence-electron chi connectivity index (χ1n) is 3.88. The number of nitrogens with zero attached hydrogens (tertiary/aromatic N) is 1. The Kier molecular flexibility index (Phi) is 4.23. The lowest BCUT2D eigenvalue weighted by molar-refractivity contribution is 0.598. The highest BCUT2D eigenvalue weighted by atomic mass is 32.2. The molecule has 0 aliphatic heterocycles. The maximum Gasteiger partial charge on any atom is 0.157 e. The van der Waals surface area contributed by atoms with Crippen LogP contribution >= 0.6 is 0 Å². The number of nitrogens with two attached hydrogens (primary N) is 1. The molecule has 0 heterocycles. The molecule has 72 valence electrons. The van der Waals surface area contributed by atoms with Crippen molar-refractivity contribution in [1.82, 2.24) is 0 Å². The van der Waals surface area contributed by atoms with E-state index in [0.717, 1.165) is 12.7 Å². The number of aliphatic imine (C=N–C) groups is 1. The van der Waals surface area contributed by atoms with E-state index in [-0.39, 0.29) is 5.84 Å². The van der Waals surface area contributed by atoms with E-state index in [1.54, 1.807) is 6.92 Å². The lowest BCUT2D eigenvalue weighted by atomic mass is 10.4. The Bertz CT molecular complexity index is 257. The van der Waals surface area contributed by atoms with Gasteiger partial charge in [-0.2, -0.15) is 0 Å². The first-order valence-corrected chi connectivity index (χ1v) is 5.83. The van der Waals surface area contributed by atoms with E-state index in [1.165, 1.54) is 0 Å². The fourth-order valence-corrected chi connectivity index (χ4v) is 1.10. The predicted molar refractivity (Wildman–Crippen MR) is 51.1 cm³/mol. The zero-order valence-electron chi connectivity index (χ0n) is 7.74. The van der Waals surface area contributed by atoms with Crippen LogP contribution in [0.25, 0.3) is 0 Å². The van der Waals surface area contributed by atoms with Crippen molar-refractivity contribution >= 4 is 15.7 Å². The third-order valence-electron chi connectivity index (χ3n) is 1.58. The molecule has 0 aromatic heterocycles. The summed E-state index contributed by atoms with van der Waals surface area (Å²) in [5.41, 5.74) is 5.46. The Hall–Kier alpha value is -0.580. The summed E-state index contributed by atoms with van der Waals surface area (Å²) in [5.74, 6) is 0.208. The van der Waals surface area contributed by atoms with Gasteiger partial charge in [-0.15, -0.1) is 0 Å². The Morgan fingerprint density at radius 2 is 2.08 bits per heavy atom. The number of hydrogen-bond acceptors (Lipinski definition) is 3. The smallest absolute Gasteiger partial charge is 0.157 e. The average Bonchev–Trinajstić information content (AvgIpc) is 1.97. The van der Waals surface area contributed by atoms with Gasteiger partial charge >= 0.3 is 0 Å². The number of hydrogen-bond donors (Lipinski definition) is 1. The minimum atomic E-state index is -3.09. The van der Waals surface area contributed by atoms with Crippen molar-refractivity contribution in [3.8, 4) is 0 Å². The average molecular weight is 192 g/mol. The molecular weight excluding hydrogens is 176 g/mol. The zero-order valence-corrected chi connectivity index (χ0v) is 8.56. The number of sulfone groups is 1. The van der Waals surface area contributed by atoms with Crippen molar-refractivity contribution in [3.05, 3.63) is 0 Å². The number of amidine groups is 1. The van der Waals surface area contributed by atoms with Crippen molar-refractivity contribution in [2.45, 2.75) is 25.5 Å². The monoisotopic (exact) mass is 192 g/mol. The van der Waals surface area contributed by atoms with Gasteiger partial charge in [-0.3, -0.25) is 4.99 Å². The molecule has 1 atom stereocenters. The van der Waals surface area contributed by atoms with Crippen LogP contribution in [-0.4, -0.2) is 32.3 Å². The molecule has 0 saturated heterocycles. The molecule has 5 heteroatoms. The van der Waals surface area contributed by atoms with Gasteiger partial charge in [-0.05, 0) is 13.3 Å². The first kappa shape index (κ1) is 11.4. The van der Waals surface area contributed by atoms with Crippen molar-refractivity contribution < 1.29 is 8.42 Å². The molecule has 2 N–H and O–H groups in total. The second kappa shape index (κ2) is 4.45. The lowest BCUT2D eigenvalue weighted by Crippen LogP contribution is -2.33. The topological polar surface area (TPSA) is 72.5 Å². The summed E-state index contributed by atoms with van der Waals surface area (Å²) in [4.78, 5) is 3.92. The molecule has 4 nitrogen and oxygen atoms in total. The van der Waals surface area contributed by atoms with E-state index in [4.69, 9.17) is 5.73 Å². The van der Waals surface area contributed by atoms with E-state index >= 15 is 0 Å². The minimum Gasteiger partial charge on any atom is -0.386 e. The van der Waals surface area contributed by atoms with Crippen LogP contribution in [0.1, 0.15) is 20.3 Å². The molecule has 0 radical (unpaired) electrons. The molecule has 0 spiro atoms. The van der Waals surface area contributed by atoms with E-state index in [2.05, 4.69) is 4.99 Å². The van der Waals surface area contributed by atoms with Gasteiger partial charge < -0.3 is 5.73 Å². The van der Waals surface area contributed by atoms with E-state index in [9.17, 15) is 8.42 Å². The fraction of sp³-hybridized carbons (Fsp3) is 0.857. The van der Waals surface area contributed by atoms with Gasteiger partial charge in [0.1, 0.15) is 11.1 Å².